The summed E-state index contributed by atoms with van der Waals surface area (Å²) in [7, 11) is 0. The molecule has 1 aliphatic rings. The van der Waals surface area contributed by atoms with Crippen LogP contribution in [0.1, 0.15) is 28.3 Å². The molecule has 2 aromatic rings. The average Bonchev–Trinajstić information content (AvgIpc) is 3.00. The lowest BCUT2D eigenvalue weighted by Crippen LogP contribution is -2.16. The van der Waals surface area contributed by atoms with Crippen molar-refractivity contribution in [1.29, 1.82) is 0 Å². The lowest BCUT2D eigenvalue weighted by Gasteiger charge is -2.13. The molecule has 5 nitrogen and oxygen atoms in total. The highest BCUT2D eigenvalue weighted by Crippen LogP contribution is 2.19. The van der Waals surface area contributed by atoms with Crippen LogP contribution in [-0.4, -0.2) is 35.1 Å². The minimum atomic E-state index is -0.0603. The molecule has 2 aromatic heterocycles. The molecule has 0 unspecified atom stereocenters. The SMILES string of the molecule is Cc1cc(O[C@H]2CCOC2)cc(C(=O)Cc2ccccn2)n1. The molecule has 0 radical (unpaired) electrons. The Kier molecular flexibility index (Phi) is 4.44. The van der Waals surface area contributed by atoms with E-state index in [-0.39, 0.29) is 18.3 Å². The molecule has 3 rings (SSSR count). The van der Waals surface area contributed by atoms with Gasteiger partial charge in [0.15, 0.2) is 5.78 Å². The second-order valence-electron chi connectivity index (χ2n) is 5.35. The molecule has 1 aliphatic heterocycles. The fourth-order valence-corrected chi connectivity index (χ4v) is 2.40. The number of aryl methyl sites for hydroxylation is 1. The topological polar surface area (TPSA) is 61.3 Å². The molecule has 5 heteroatoms. The highest BCUT2D eigenvalue weighted by atomic mass is 16.5. The van der Waals surface area contributed by atoms with Crippen LogP contribution < -0.4 is 4.74 Å². The van der Waals surface area contributed by atoms with Crippen molar-refractivity contribution in [3.63, 3.8) is 0 Å². The van der Waals surface area contributed by atoms with Gasteiger partial charge < -0.3 is 9.47 Å². The Morgan fingerprint density at radius 2 is 2.32 bits per heavy atom. The Bertz CT molecular complexity index is 652. The van der Waals surface area contributed by atoms with Crippen molar-refractivity contribution < 1.29 is 14.3 Å². The molecular weight excluding hydrogens is 280 g/mol. The molecule has 3 heterocycles. The van der Waals surface area contributed by atoms with Crippen LogP contribution >= 0.6 is 0 Å². The third kappa shape index (κ3) is 3.68. The van der Waals surface area contributed by atoms with Crippen molar-refractivity contribution in [3.8, 4) is 5.75 Å². The maximum Gasteiger partial charge on any atom is 0.187 e. The fourth-order valence-electron chi connectivity index (χ4n) is 2.40. The molecule has 0 aliphatic carbocycles. The van der Waals surface area contributed by atoms with Crippen molar-refractivity contribution in [3.05, 3.63) is 53.6 Å². The molecule has 1 fully saturated rings. The molecule has 1 saturated heterocycles. The van der Waals surface area contributed by atoms with E-state index in [0.717, 1.165) is 24.4 Å². The number of ketones is 1. The fraction of sp³-hybridized carbons (Fsp3) is 0.353. The molecule has 1 atom stereocenters. The van der Waals surface area contributed by atoms with Crippen LogP contribution in [-0.2, 0) is 11.2 Å². The maximum atomic E-state index is 12.4. The van der Waals surface area contributed by atoms with Gasteiger partial charge in [-0.3, -0.25) is 9.78 Å². The highest BCUT2D eigenvalue weighted by Gasteiger charge is 2.18. The molecule has 0 amide bonds. The van der Waals surface area contributed by atoms with E-state index in [1.165, 1.54) is 0 Å². The highest BCUT2D eigenvalue weighted by molar-refractivity contribution is 5.95. The number of rotatable bonds is 5. The Hall–Kier alpha value is -2.27. The molecular formula is C17H18N2O3. The zero-order chi connectivity index (χ0) is 15.4. The summed E-state index contributed by atoms with van der Waals surface area (Å²) < 4.78 is 11.2. The van der Waals surface area contributed by atoms with Gasteiger partial charge in [0, 0.05) is 36.1 Å². The number of pyridine rings is 2. The van der Waals surface area contributed by atoms with Crippen molar-refractivity contribution in [2.24, 2.45) is 0 Å². The first kappa shape index (κ1) is 14.7. The first-order chi connectivity index (χ1) is 10.7. The van der Waals surface area contributed by atoms with Gasteiger partial charge in [0.25, 0.3) is 0 Å². The normalized spacial score (nSPS) is 17.4. The lowest BCUT2D eigenvalue weighted by atomic mass is 10.1. The number of hydrogen-bond donors (Lipinski definition) is 0. The van der Waals surface area contributed by atoms with Crippen LogP contribution in [0.5, 0.6) is 5.75 Å². The summed E-state index contributed by atoms with van der Waals surface area (Å²) in [5.41, 5.74) is 1.92. The van der Waals surface area contributed by atoms with Crippen LogP contribution in [0.15, 0.2) is 36.5 Å². The van der Waals surface area contributed by atoms with Crippen LogP contribution in [0.4, 0.5) is 0 Å². The summed E-state index contributed by atoms with van der Waals surface area (Å²) >= 11 is 0. The van der Waals surface area contributed by atoms with Crippen molar-refractivity contribution in [2.45, 2.75) is 25.9 Å². The monoisotopic (exact) mass is 298 g/mol. The second kappa shape index (κ2) is 6.66. The number of ether oxygens (including phenoxy) is 2. The van der Waals surface area contributed by atoms with E-state index >= 15 is 0 Å². The van der Waals surface area contributed by atoms with Gasteiger partial charge >= 0.3 is 0 Å². The molecule has 0 spiro atoms. The van der Waals surface area contributed by atoms with Gasteiger partial charge in [-0.2, -0.15) is 0 Å². The lowest BCUT2D eigenvalue weighted by molar-refractivity contribution is 0.0985. The zero-order valence-electron chi connectivity index (χ0n) is 12.5. The minimum Gasteiger partial charge on any atom is -0.488 e. The Morgan fingerprint density at radius 1 is 1.41 bits per heavy atom. The van der Waals surface area contributed by atoms with E-state index in [2.05, 4.69) is 9.97 Å². The number of Topliss-reactive ketones (excluding diaryl/α,β-unsaturated/α-hetero) is 1. The standard InChI is InChI=1S/C17H18N2O3/c1-12-8-15(22-14-5-7-21-11-14)10-16(19-12)17(20)9-13-4-2-3-6-18-13/h2-4,6,8,10,14H,5,7,9,11H2,1H3/t14-/m0/s1. The number of hydrogen-bond acceptors (Lipinski definition) is 5. The van der Waals surface area contributed by atoms with Gasteiger partial charge in [-0.15, -0.1) is 0 Å². The van der Waals surface area contributed by atoms with E-state index in [1.54, 1.807) is 12.3 Å². The number of carbonyl (C=O) groups is 1. The van der Waals surface area contributed by atoms with Crippen molar-refractivity contribution in [1.82, 2.24) is 9.97 Å². The summed E-state index contributed by atoms with van der Waals surface area (Å²) in [6.07, 6.45) is 2.85. The summed E-state index contributed by atoms with van der Waals surface area (Å²) in [4.78, 5) is 20.9. The minimum absolute atomic E-state index is 0.0561. The van der Waals surface area contributed by atoms with Crippen molar-refractivity contribution >= 4 is 5.78 Å². The number of aromatic nitrogens is 2. The third-order valence-electron chi connectivity index (χ3n) is 3.47. The van der Waals surface area contributed by atoms with E-state index < -0.39 is 0 Å². The Labute approximate surface area is 129 Å². The van der Waals surface area contributed by atoms with Gasteiger partial charge in [0.2, 0.25) is 0 Å². The van der Waals surface area contributed by atoms with Crippen molar-refractivity contribution in [2.75, 3.05) is 13.2 Å². The molecule has 0 aromatic carbocycles. The maximum absolute atomic E-state index is 12.4. The van der Waals surface area contributed by atoms with Crippen LogP contribution in [0, 0.1) is 6.92 Å². The van der Waals surface area contributed by atoms with E-state index in [1.807, 2.05) is 31.2 Å². The molecule has 114 valence electrons. The molecule has 0 saturated carbocycles. The summed E-state index contributed by atoms with van der Waals surface area (Å²) in [5, 5.41) is 0. The Balaban J connectivity index is 1.75. The van der Waals surface area contributed by atoms with Gasteiger partial charge in [0.1, 0.15) is 17.5 Å². The van der Waals surface area contributed by atoms with Gasteiger partial charge in [-0.1, -0.05) is 6.07 Å². The summed E-state index contributed by atoms with van der Waals surface area (Å²) in [5.74, 6) is 0.613. The quantitative estimate of drug-likeness (QED) is 0.793. The van der Waals surface area contributed by atoms with Gasteiger partial charge in [-0.05, 0) is 19.1 Å². The third-order valence-corrected chi connectivity index (χ3v) is 3.47. The van der Waals surface area contributed by atoms with Crippen LogP contribution in [0.2, 0.25) is 0 Å². The van der Waals surface area contributed by atoms with Crippen LogP contribution in [0.3, 0.4) is 0 Å². The van der Waals surface area contributed by atoms with E-state index in [4.69, 9.17) is 9.47 Å². The predicted octanol–water partition coefficient (Wildman–Crippen LogP) is 2.38. The number of carbonyl (C=O) groups excluding carboxylic acids is 1. The Morgan fingerprint density at radius 3 is 3.05 bits per heavy atom. The molecule has 22 heavy (non-hydrogen) atoms. The number of nitrogens with zero attached hydrogens (tertiary/aromatic N) is 2. The largest absolute Gasteiger partial charge is 0.488 e. The zero-order valence-corrected chi connectivity index (χ0v) is 12.5. The predicted molar refractivity (Wildman–Crippen MR) is 81.1 cm³/mol. The van der Waals surface area contributed by atoms with Crippen LogP contribution in [0.25, 0.3) is 0 Å². The van der Waals surface area contributed by atoms with E-state index in [0.29, 0.717) is 18.1 Å². The summed E-state index contributed by atoms with van der Waals surface area (Å²) in [6, 6.07) is 9.08. The van der Waals surface area contributed by atoms with Gasteiger partial charge in [0.05, 0.1) is 19.6 Å². The molecule has 0 bridgehead atoms. The first-order valence-corrected chi connectivity index (χ1v) is 7.37. The smallest absolute Gasteiger partial charge is 0.187 e. The van der Waals surface area contributed by atoms with E-state index in [9.17, 15) is 4.79 Å². The second-order valence-corrected chi connectivity index (χ2v) is 5.35. The van der Waals surface area contributed by atoms with Gasteiger partial charge in [-0.25, -0.2) is 4.98 Å². The first-order valence-electron chi connectivity index (χ1n) is 7.37. The summed E-state index contributed by atoms with van der Waals surface area (Å²) in [6.45, 7) is 3.17. The average molecular weight is 298 g/mol. The molecule has 0 N–H and O–H groups in total.